The number of hydrogen-bond acceptors (Lipinski definition) is 13. The predicted octanol–water partition coefficient (Wildman–Crippen LogP) is -3.54. The summed E-state index contributed by atoms with van der Waals surface area (Å²) in [5.74, 6) is -6.91. The lowest BCUT2D eigenvalue weighted by molar-refractivity contribution is -0.144. The van der Waals surface area contributed by atoms with Crippen molar-refractivity contribution < 1.29 is 48.6 Å². The van der Waals surface area contributed by atoms with Crippen molar-refractivity contribution in [3.05, 3.63) is 0 Å². The molecule has 0 rings (SSSR count). The normalized spacial score (nSPS) is 15.0. The van der Waals surface area contributed by atoms with Crippen LogP contribution in [-0.4, -0.2) is 144 Å². The summed E-state index contributed by atoms with van der Waals surface area (Å²) in [5, 5.41) is 37.3. The maximum Gasteiger partial charge on any atom is 0.326 e. The number of hydrogen-bond donors (Lipinski definition) is 13. The van der Waals surface area contributed by atoms with Gasteiger partial charge in [-0.2, -0.15) is 11.8 Å². The van der Waals surface area contributed by atoms with Crippen molar-refractivity contribution in [2.45, 2.75) is 128 Å². The first kappa shape index (κ1) is 55.3. The maximum atomic E-state index is 13.8. The zero-order valence-corrected chi connectivity index (χ0v) is 36.5. The van der Waals surface area contributed by atoms with E-state index in [2.05, 4.69) is 42.2 Å². The highest BCUT2D eigenvalue weighted by molar-refractivity contribution is 7.98. The van der Waals surface area contributed by atoms with Crippen molar-refractivity contribution in [2.75, 3.05) is 38.2 Å². The minimum absolute atomic E-state index is 0.0119. The summed E-state index contributed by atoms with van der Waals surface area (Å²) in [4.78, 5) is 108. The van der Waals surface area contributed by atoms with E-state index < -0.39 is 109 Å². The Balaban J connectivity index is 6.10. The van der Waals surface area contributed by atoms with E-state index in [-0.39, 0.29) is 50.5 Å². The SMILES string of the molecule is CC[C@H](C)[C@H](NC(=O)[C@H](CC(C)C)NC(=O)[C@H](CCCN=C(N)N)NC(=O)[C@H](CCSC)NC(=O)[C@H](CO)NC(=O)CNC(=O)[C@H](CCCCN)NC(=O)[C@H](C)N)C(=O)O. The Morgan fingerprint density at radius 1 is 0.683 bits per heavy atom. The molecule has 0 aromatic heterocycles. The van der Waals surface area contributed by atoms with Gasteiger partial charge in [0.1, 0.15) is 36.3 Å². The molecule has 0 aromatic rings. The van der Waals surface area contributed by atoms with E-state index >= 15 is 0 Å². The van der Waals surface area contributed by atoms with E-state index in [9.17, 15) is 48.6 Å². The number of nitrogens with two attached hydrogens (primary N) is 4. The number of amides is 7. The number of aliphatic hydroxyl groups is 1. The Bertz CT molecular complexity index is 1430. The highest BCUT2D eigenvalue weighted by Crippen LogP contribution is 2.12. The highest BCUT2D eigenvalue weighted by Gasteiger charge is 2.34. The van der Waals surface area contributed by atoms with Crippen LogP contribution < -0.4 is 60.2 Å². The molecule has 8 atom stereocenters. The Hall–Kier alpha value is -4.74. The highest BCUT2D eigenvalue weighted by atomic mass is 32.2. The molecule has 0 spiro atoms. The van der Waals surface area contributed by atoms with Crippen LogP contribution in [-0.2, 0) is 38.4 Å². The molecule has 0 radical (unpaired) electrons. The van der Waals surface area contributed by atoms with Crippen LogP contribution in [0.4, 0.5) is 0 Å². The van der Waals surface area contributed by atoms with Gasteiger partial charge in [0, 0.05) is 6.54 Å². The van der Waals surface area contributed by atoms with E-state index in [0.717, 1.165) is 0 Å². The second-order valence-corrected chi connectivity index (χ2v) is 15.9. The van der Waals surface area contributed by atoms with E-state index in [1.54, 1.807) is 20.1 Å². The van der Waals surface area contributed by atoms with Crippen LogP contribution in [0.25, 0.3) is 0 Å². The molecule has 0 saturated carbocycles. The van der Waals surface area contributed by atoms with Gasteiger partial charge in [-0.1, -0.05) is 34.1 Å². The van der Waals surface area contributed by atoms with Gasteiger partial charge < -0.3 is 70.4 Å². The third kappa shape index (κ3) is 22.6. The van der Waals surface area contributed by atoms with Crippen molar-refractivity contribution in [3.8, 4) is 0 Å². The molecule has 0 saturated heterocycles. The Labute approximate surface area is 356 Å². The number of carboxylic acids is 1. The summed E-state index contributed by atoms with van der Waals surface area (Å²) in [5.41, 5.74) is 22.0. The summed E-state index contributed by atoms with van der Waals surface area (Å²) in [7, 11) is 0. The van der Waals surface area contributed by atoms with Crippen LogP contribution in [0.1, 0.15) is 86.0 Å². The summed E-state index contributed by atoms with van der Waals surface area (Å²) in [6.07, 6.45) is 3.94. The van der Waals surface area contributed by atoms with Crippen molar-refractivity contribution >= 4 is 65.0 Å². The largest absolute Gasteiger partial charge is 0.480 e. The molecule has 0 aliphatic rings. The molecule has 23 heteroatoms. The Morgan fingerprint density at radius 3 is 1.70 bits per heavy atom. The van der Waals surface area contributed by atoms with Crippen molar-refractivity contribution in [2.24, 2.45) is 39.8 Å². The number of guanidine groups is 1. The number of thioether (sulfide) groups is 1. The zero-order chi connectivity index (χ0) is 45.9. The number of aliphatic imine (C=N–C) groups is 1. The summed E-state index contributed by atoms with van der Waals surface area (Å²) >= 11 is 1.36. The van der Waals surface area contributed by atoms with Crippen LogP contribution in [0, 0.1) is 11.8 Å². The predicted molar refractivity (Wildman–Crippen MR) is 228 cm³/mol. The lowest BCUT2D eigenvalue weighted by atomic mass is 9.97. The van der Waals surface area contributed by atoms with Gasteiger partial charge >= 0.3 is 5.97 Å². The van der Waals surface area contributed by atoms with Crippen molar-refractivity contribution in [1.29, 1.82) is 0 Å². The molecule has 0 unspecified atom stereocenters. The van der Waals surface area contributed by atoms with Gasteiger partial charge in [0.05, 0.1) is 19.2 Å². The molecule has 0 aliphatic carbocycles. The fourth-order valence-corrected chi connectivity index (χ4v) is 6.00. The standard InChI is InChI=1S/C37H70N12O10S/c1-7-21(4)29(36(58)59)49-34(56)26(17-20(2)3)48-32(54)24(12-10-15-42-37(40)41)46-33(55)25(13-16-60-6)47-35(57)27(19-50)44-28(51)18-43-31(53)23(11-8-9-14-38)45-30(52)22(5)39/h20-27,29,50H,7-19,38-39H2,1-6H3,(H,43,53)(H,44,51)(H,45,52)(H,46,55)(H,47,57)(H,48,54)(H,49,56)(H,58,59)(H4,40,41,42)/t21-,22-,23-,24-,25-,26-,27-,29-/m0/s1. The molecule has 22 nitrogen and oxygen atoms in total. The van der Waals surface area contributed by atoms with Crippen LogP contribution in [0.2, 0.25) is 0 Å². The van der Waals surface area contributed by atoms with Crippen LogP contribution >= 0.6 is 11.8 Å². The number of unbranched alkanes of at least 4 members (excludes halogenated alkanes) is 1. The fraction of sp³-hybridized carbons (Fsp3) is 0.757. The van der Waals surface area contributed by atoms with E-state index in [0.29, 0.717) is 31.6 Å². The summed E-state index contributed by atoms with van der Waals surface area (Å²) < 4.78 is 0. The number of aliphatic hydroxyl groups excluding tert-OH is 1. The Morgan fingerprint density at radius 2 is 1.20 bits per heavy atom. The zero-order valence-electron chi connectivity index (χ0n) is 35.7. The molecule has 7 amide bonds. The second kappa shape index (κ2) is 30.3. The number of carbonyl (C=O) groups excluding carboxylic acids is 7. The maximum absolute atomic E-state index is 13.8. The first-order valence-electron chi connectivity index (χ1n) is 20.1. The Kier molecular flexibility index (Phi) is 27.9. The van der Waals surface area contributed by atoms with Gasteiger partial charge in [0.25, 0.3) is 0 Å². The molecule has 0 fully saturated rings. The number of aliphatic carboxylic acids is 1. The van der Waals surface area contributed by atoms with Gasteiger partial charge in [-0.15, -0.1) is 0 Å². The average Bonchev–Trinajstić information content (AvgIpc) is 3.18. The molecular formula is C37H70N12O10S. The summed E-state index contributed by atoms with van der Waals surface area (Å²) in [6.45, 7) is 7.49. The molecule has 344 valence electrons. The first-order valence-corrected chi connectivity index (χ1v) is 21.5. The minimum atomic E-state index is -1.56. The lowest BCUT2D eigenvalue weighted by Gasteiger charge is -2.28. The van der Waals surface area contributed by atoms with Gasteiger partial charge in [0.15, 0.2) is 5.96 Å². The van der Waals surface area contributed by atoms with E-state index in [1.807, 2.05) is 13.8 Å². The summed E-state index contributed by atoms with van der Waals surface area (Å²) in [6, 6.07) is -8.38. The third-order valence-corrected chi connectivity index (χ3v) is 9.83. The van der Waals surface area contributed by atoms with Gasteiger partial charge in [-0.05, 0) is 82.3 Å². The quantitative estimate of drug-likeness (QED) is 0.0182. The third-order valence-electron chi connectivity index (χ3n) is 9.19. The molecule has 0 aromatic carbocycles. The van der Waals surface area contributed by atoms with E-state index in [4.69, 9.17) is 22.9 Å². The minimum Gasteiger partial charge on any atom is -0.480 e. The number of carbonyl (C=O) groups is 8. The molecule has 0 bridgehead atoms. The number of rotatable bonds is 31. The van der Waals surface area contributed by atoms with Crippen LogP contribution in [0.15, 0.2) is 4.99 Å². The van der Waals surface area contributed by atoms with Crippen LogP contribution in [0.3, 0.4) is 0 Å². The number of nitrogens with one attached hydrogen (secondary N) is 7. The first-order chi connectivity index (χ1) is 28.2. The lowest BCUT2D eigenvalue weighted by Crippen LogP contribution is -2.60. The van der Waals surface area contributed by atoms with Crippen molar-refractivity contribution in [3.63, 3.8) is 0 Å². The van der Waals surface area contributed by atoms with Gasteiger partial charge in [-0.3, -0.25) is 38.6 Å². The second-order valence-electron chi connectivity index (χ2n) is 14.9. The topological polar surface area (TPSA) is 378 Å². The van der Waals surface area contributed by atoms with Gasteiger partial charge in [0.2, 0.25) is 41.4 Å². The molecule has 60 heavy (non-hydrogen) atoms. The number of carboxylic acid groups (broad SMARTS) is 1. The monoisotopic (exact) mass is 875 g/mol. The molecule has 0 aliphatic heterocycles. The fourth-order valence-electron chi connectivity index (χ4n) is 5.53. The van der Waals surface area contributed by atoms with E-state index in [1.165, 1.54) is 18.7 Å². The smallest absolute Gasteiger partial charge is 0.326 e. The number of nitrogens with zero attached hydrogens (tertiary/aromatic N) is 1. The molecule has 0 heterocycles. The molecule has 17 N–H and O–H groups in total. The van der Waals surface area contributed by atoms with Crippen LogP contribution in [0.5, 0.6) is 0 Å². The average molecular weight is 875 g/mol. The molecular weight excluding hydrogens is 805 g/mol. The van der Waals surface area contributed by atoms with Crippen molar-refractivity contribution in [1.82, 2.24) is 37.2 Å². The van der Waals surface area contributed by atoms with Gasteiger partial charge in [-0.25, -0.2) is 4.79 Å².